The zero-order valence-corrected chi connectivity index (χ0v) is 16.4. The van der Waals surface area contributed by atoms with Gasteiger partial charge in [0, 0.05) is 42.4 Å². The van der Waals surface area contributed by atoms with Crippen molar-refractivity contribution in [2.24, 2.45) is 11.8 Å². The van der Waals surface area contributed by atoms with E-state index >= 15 is 0 Å². The summed E-state index contributed by atoms with van der Waals surface area (Å²) in [7, 11) is -3.02. The van der Waals surface area contributed by atoms with E-state index in [1.54, 1.807) is 17.0 Å². The summed E-state index contributed by atoms with van der Waals surface area (Å²) in [4.78, 5) is 25.6. The molecule has 0 aromatic heterocycles. The van der Waals surface area contributed by atoms with Crippen LogP contribution in [0.5, 0.6) is 0 Å². The molecule has 2 fully saturated rings. The summed E-state index contributed by atoms with van der Waals surface area (Å²) in [6, 6.07) is 7.38. The second kappa shape index (κ2) is 8.06. The molecule has 0 unspecified atom stereocenters. The molecule has 27 heavy (non-hydrogen) atoms. The van der Waals surface area contributed by atoms with E-state index in [1.807, 2.05) is 12.1 Å². The van der Waals surface area contributed by atoms with Gasteiger partial charge in [-0.3, -0.25) is 4.79 Å². The highest BCUT2D eigenvalue weighted by atomic mass is 35.5. The summed E-state index contributed by atoms with van der Waals surface area (Å²) >= 11 is 5.96. The molecule has 2 atom stereocenters. The van der Waals surface area contributed by atoms with Crippen LogP contribution in [0.15, 0.2) is 24.3 Å². The molecule has 9 heteroatoms. The predicted octanol–water partition coefficient (Wildman–Crippen LogP) is 1.97. The van der Waals surface area contributed by atoms with Crippen molar-refractivity contribution in [3.63, 3.8) is 0 Å². The van der Waals surface area contributed by atoms with E-state index in [-0.39, 0.29) is 41.7 Å². The first-order chi connectivity index (χ1) is 12.7. The second-order valence-corrected chi connectivity index (χ2v) is 10.0. The Morgan fingerprint density at radius 2 is 1.78 bits per heavy atom. The van der Waals surface area contributed by atoms with Gasteiger partial charge >= 0.3 is 6.09 Å². The Morgan fingerprint density at radius 3 is 2.37 bits per heavy atom. The van der Waals surface area contributed by atoms with E-state index in [0.717, 1.165) is 5.56 Å². The summed E-state index contributed by atoms with van der Waals surface area (Å²) in [5.41, 5.74) is 1.01. The molecule has 148 valence electrons. The van der Waals surface area contributed by atoms with Gasteiger partial charge < -0.3 is 15.3 Å². The number of carbonyl (C=O) groups excluding carboxylic acids is 1. The molecule has 2 aliphatic rings. The Hall–Kier alpha value is -1.80. The molecule has 1 aromatic rings. The molecule has 2 amide bonds. The van der Waals surface area contributed by atoms with Crippen LogP contribution < -0.4 is 5.32 Å². The van der Waals surface area contributed by atoms with Crippen LogP contribution in [0.25, 0.3) is 0 Å². The molecular weight excluding hydrogens is 392 g/mol. The fraction of sp³-hybridized carbons (Fsp3) is 0.556. The summed E-state index contributed by atoms with van der Waals surface area (Å²) in [6.07, 6.45) is -0.366. The first-order valence-corrected chi connectivity index (χ1v) is 11.2. The maximum atomic E-state index is 12.9. The van der Waals surface area contributed by atoms with Gasteiger partial charge in [0.25, 0.3) is 0 Å². The Bertz CT molecular complexity index is 798. The Labute approximate surface area is 163 Å². The normalized spacial score (nSPS) is 25.3. The van der Waals surface area contributed by atoms with Crippen molar-refractivity contribution in [3.8, 4) is 0 Å². The van der Waals surface area contributed by atoms with Gasteiger partial charge in [0.2, 0.25) is 5.91 Å². The van der Waals surface area contributed by atoms with Crippen molar-refractivity contribution in [1.29, 1.82) is 0 Å². The lowest BCUT2D eigenvalue weighted by molar-refractivity contribution is -0.134. The molecule has 2 heterocycles. The van der Waals surface area contributed by atoms with E-state index < -0.39 is 15.9 Å². The predicted molar refractivity (Wildman–Crippen MR) is 102 cm³/mol. The Balaban J connectivity index is 1.72. The molecule has 7 nitrogen and oxygen atoms in total. The van der Waals surface area contributed by atoms with Crippen molar-refractivity contribution >= 4 is 33.4 Å². The van der Waals surface area contributed by atoms with Gasteiger partial charge in [-0.05, 0) is 30.5 Å². The summed E-state index contributed by atoms with van der Waals surface area (Å²) < 4.78 is 23.2. The second-order valence-electron chi connectivity index (χ2n) is 7.27. The molecule has 0 saturated carbocycles. The SMILES string of the molecule is O=C(O)NC[C@H]1CN(C(=O)C2CCS(=O)(=O)CC2)C[C@H]1c1ccc(Cl)cc1. The first-order valence-electron chi connectivity index (χ1n) is 8.96. The minimum absolute atomic E-state index is 0.00499. The van der Waals surface area contributed by atoms with Crippen LogP contribution in [-0.2, 0) is 14.6 Å². The molecule has 2 N–H and O–H groups in total. The molecule has 0 bridgehead atoms. The van der Waals surface area contributed by atoms with Crippen LogP contribution in [0.1, 0.15) is 24.3 Å². The molecular formula is C18H23ClN2O5S. The highest BCUT2D eigenvalue weighted by molar-refractivity contribution is 7.91. The molecule has 1 aromatic carbocycles. The van der Waals surface area contributed by atoms with E-state index in [1.165, 1.54) is 0 Å². The molecule has 0 radical (unpaired) electrons. The van der Waals surface area contributed by atoms with Crippen molar-refractivity contribution in [3.05, 3.63) is 34.9 Å². The monoisotopic (exact) mass is 414 g/mol. The number of nitrogens with one attached hydrogen (secondary N) is 1. The van der Waals surface area contributed by atoms with E-state index in [2.05, 4.69) is 5.32 Å². The number of carbonyl (C=O) groups is 2. The van der Waals surface area contributed by atoms with E-state index in [9.17, 15) is 18.0 Å². The van der Waals surface area contributed by atoms with Crippen molar-refractivity contribution < 1.29 is 23.1 Å². The maximum absolute atomic E-state index is 12.9. The third kappa shape index (κ3) is 4.93. The number of nitrogens with zero attached hydrogens (tertiary/aromatic N) is 1. The lowest BCUT2D eigenvalue weighted by Gasteiger charge is -2.26. The van der Waals surface area contributed by atoms with Crippen molar-refractivity contribution in [2.45, 2.75) is 18.8 Å². The lowest BCUT2D eigenvalue weighted by Crippen LogP contribution is -2.39. The fourth-order valence-corrected chi connectivity index (χ4v) is 5.58. The maximum Gasteiger partial charge on any atom is 0.404 e. The van der Waals surface area contributed by atoms with Crippen LogP contribution in [-0.4, -0.2) is 61.6 Å². The number of benzene rings is 1. The van der Waals surface area contributed by atoms with Crippen molar-refractivity contribution in [2.75, 3.05) is 31.1 Å². The van der Waals surface area contributed by atoms with Gasteiger partial charge in [0.15, 0.2) is 0 Å². The lowest BCUT2D eigenvalue weighted by atomic mass is 9.89. The fourth-order valence-electron chi connectivity index (χ4n) is 3.96. The van der Waals surface area contributed by atoms with Gasteiger partial charge in [0.05, 0.1) is 11.5 Å². The number of sulfone groups is 1. The van der Waals surface area contributed by atoms with Gasteiger partial charge in [-0.25, -0.2) is 13.2 Å². The molecule has 2 saturated heterocycles. The van der Waals surface area contributed by atoms with Crippen LogP contribution in [0.4, 0.5) is 4.79 Å². The average Bonchev–Trinajstić information content (AvgIpc) is 3.04. The van der Waals surface area contributed by atoms with Crippen molar-refractivity contribution in [1.82, 2.24) is 10.2 Å². The molecule has 0 spiro atoms. The summed E-state index contributed by atoms with van der Waals surface area (Å²) in [6.45, 7) is 1.21. The Kier molecular flexibility index (Phi) is 5.95. The minimum Gasteiger partial charge on any atom is -0.465 e. The summed E-state index contributed by atoms with van der Waals surface area (Å²) in [5.74, 6) is -0.222. The Morgan fingerprint density at radius 1 is 1.15 bits per heavy atom. The number of hydrogen-bond donors (Lipinski definition) is 2. The number of amides is 2. The highest BCUT2D eigenvalue weighted by Gasteiger charge is 2.39. The standard InChI is InChI=1S/C18H23ClN2O5S/c19-15-3-1-12(2-4-15)16-11-21(10-14(16)9-20-18(23)24)17(22)13-5-7-27(25,26)8-6-13/h1-4,13-14,16,20H,5-11H2,(H,23,24)/t14-,16-/m0/s1. The molecule has 3 rings (SSSR count). The first kappa shape index (κ1) is 19.9. The smallest absolute Gasteiger partial charge is 0.404 e. The average molecular weight is 415 g/mol. The van der Waals surface area contributed by atoms with Gasteiger partial charge in [-0.1, -0.05) is 23.7 Å². The third-order valence-corrected chi connectivity index (χ3v) is 7.44. The van der Waals surface area contributed by atoms with Gasteiger partial charge in [0.1, 0.15) is 9.84 Å². The van der Waals surface area contributed by atoms with Crippen LogP contribution >= 0.6 is 11.6 Å². The number of likely N-dealkylation sites (tertiary alicyclic amines) is 1. The van der Waals surface area contributed by atoms with Crippen LogP contribution in [0, 0.1) is 11.8 Å². The number of halogens is 1. The molecule has 0 aliphatic carbocycles. The topological polar surface area (TPSA) is 104 Å². The van der Waals surface area contributed by atoms with Crippen LogP contribution in [0.3, 0.4) is 0 Å². The zero-order chi connectivity index (χ0) is 19.6. The number of rotatable bonds is 4. The highest BCUT2D eigenvalue weighted by Crippen LogP contribution is 2.35. The third-order valence-electron chi connectivity index (χ3n) is 5.47. The van der Waals surface area contributed by atoms with E-state index in [4.69, 9.17) is 16.7 Å². The quantitative estimate of drug-likeness (QED) is 0.783. The number of carboxylic acid groups (broad SMARTS) is 1. The minimum atomic E-state index is -3.02. The van der Waals surface area contributed by atoms with E-state index in [0.29, 0.717) is 31.0 Å². The largest absolute Gasteiger partial charge is 0.465 e. The zero-order valence-electron chi connectivity index (χ0n) is 14.8. The molecule has 2 aliphatic heterocycles. The summed E-state index contributed by atoms with van der Waals surface area (Å²) in [5, 5.41) is 12.0. The number of hydrogen-bond acceptors (Lipinski definition) is 4. The van der Waals surface area contributed by atoms with Gasteiger partial charge in [-0.2, -0.15) is 0 Å². The van der Waals surface area contributed by atoms with Gasteiger partial charge in [-0.15, -0.1) is 0 Å². The van der Waals surface area contributed by atoms with Crippen LogP contribution in [0.2, 0.25) is 5.02 Å².